The first kappa shape index (κ1) is 6.57. The number of azide groups is 1. The first-order chi connectivity index (χ1) is 4.84. The van der Waals surface area contributed by atoms with Gasteiger partial charge in [0.15, 0.2) is 0 Å². The fourth-order valence-electron chi connectivity index (χ4n) is 0.558. The molecule has 0 radical (unpaired) electrons. The highest BCUT2D eigenvalue weighted by Crippen LogP contribution is 1.94. The fourth-order valence-corrected chi connectivity index (χ4v) is 0.558. The van der Waals surface area contributed by atoms with Crippen molar-refractivity contribution in [2.24, 2.45) is 12.2 Å². The maximum atomic E-state index is 7.96. The summed E-state index contributed by atoms with van der Waals surface area (Å²) < 4.78 is 1.56. The molecule has 0 atom stereocenters. The van der Waals surface area contributed by atoms with E-state index in [1.165, 1.54) is 0 Å². The predicted octanol–water partition coefficient (Wildman–Crippen LogP) is 0.625. The number of nitrogens with zero attached hydrogens (tertiary/aromatic N) is 6. The lowest BCUT2D eigenvalue weighted by Crippen LogP contribution is -1.95. The van der Waals surface area contributed by atoms with Crippen LogP contribution in [0.4, 0.5) is 0 Å². The zero-order valence-corrected chi connectivity index (χ0v) is 5.47. The third kappa shape index (κ3) is 1.24. The molecule has 6 nitrogen and oxygen atoms in total. The molecule has 0 aliphatic carbocycles. The molecule has 0 aromatic carbocycles. The standard InChI is InChI=1S/C4H6N6/c1-10-4(2-6-8-5)3-7-9-10/h3H,2H2,1H3. The van der Waals surface area contributed by atoms with Crippen LogP contribution in [0.25, 0.3) is 10.4 Å². The van der Waals surface area contributed by atoms with E-state index in [9.17, 15) is 0 Å². The second-order valence-corrected chi connectivity index (χ2v) is 1.74. The van der Waals surface area contributed by atoms with Gasteiger partial charge in [0.25, 0.3) is 0 Å². The summed E-state index contributed by atoms with van der Waals surface area (Å²) in [6.07, 6.45) is 1.56. The number of aryl methyl sites for hydroxylation is 1. The molecule has 0 N–H and O–H groups in total. The van der Waals surface area contributed by atoms with Gasteiger partial charge in [0, 0.05) is 12.0 Å². The third-order valence-corrected chi connectivity index (χ3v) is 1.10. The smallest absolute Gasteiger partial charge is 0.0726 e. The van der Waals surface area contributed by atoms with Crippen molar-refractivity contribution in [2.45, 2.75) is 6.54 Å². The van der Waals surface area contributed by atoms with E-state index in [0.717, 1.165) is 5.69 Å². The zero-order chi connectivity index (χ0) is 7.40. The normalized spacial score (nSPS) is 8.90. The Morgan fingerprint density at radius 1 is 1.90 bits per heavy atom. The highest BCUT2D eigenvalue weighted by atomic mass is 15.4. The Balaban J connectivity index is 2.74. The average molecular weight is 138 g/mol. The number of rotatable bonds is 2. The highest BCUT2D eigenvalue weighted by Gasteiger charge is 1.94. The van der Waals surface area contributed by atoms with Crippen LogP contribution in [-0.2, 0) is 13.6 Å². The van der Waals surface area contributed by atoms with E-state index in [-0.39, 0.29) is 0 Å². The maximum Gasteiger partial charge on any atom is 0.0726 e. The van der Waals surface area contributed by atoms with Crippen molar-refractivity contribution in [3.05, 3.63) is 22.3 Å². The van der Waals surface area contributed by atoms with Crippen molar-refractivity contribution in [3.63, 3.8) is 0 Å². The number of aromatic nitrogens is 3. The second-order valence-electron chi connectivity index (χ2n) is 1.74. The zero-order valence-electron chi connectivity index (χ0n) is 5.47. The van der Waals surface area contributed by atoms with Crippen molar-refractivity contribution in [2.75, 3.05) is 0 Å². The van der Waals surface area contributed by atoms with Crippen LogP contribution in [0, 0.1) is 0 Å². The van der Waals surface area contributed by atoms with Crippen LogP contribution in [0.1, 0.15) is 5.69 Å². The van der Waals surface area contributed by atoms with E-state index in [1.54, 1.807) is 17.9 Å². The molecule has 0 unspecified atom stereocenters. The first-order valence-electron chi connectivity index (χ1n) is 2.69. The Bertz CT molecular complexity index is 256. The van der Waals surface area contributed by atoms with Crippen LogP contribution in [-0.4, -0.2) is 15.0 Å². The molecule has 0 saturated carbocycles. The van der Waals surface area contributed by atoms with Crippen LogP contribution in [0.3, 0.4) is 0 Å². The SMILES string of the molecule is Cn1nncc1CN=[N+]=[N-]. The highest BCUT2D eigenvalue weighted by molar-refractivity contribution is 4.91. The molecule has 52 valence electrons. The summed E-state index contributed by atoms with van der Waals surface area (Å²) in [5.74, 6) is 0. The van der Waals surface area contributed by atoms with Crippen molar-refractivity contribution < 1.29 is 0 Å². The molecule has 10 heavy (non-hydrogen) atoms. The van der Waals surface area contributed by atoms with Crippen molar-refractivity contribution in [1.82, 2.24) is 15.0 Å². The number of hydrogen-bond acceptors (Lipinski definition) is 3. The van der Waals surface area contributed by atoms with Gasteiger partial charge in [-0.05, 0) is 5.53 Å². The van der Waals surface area contributed by atoms with Crippen molar-refractivity contribution >= 4 is 0 Å². The lowest BCUT2D eigenvalue weighted by atomic mass is 10.5. The molecular weight excluding hydrogens is 132 g/mol. The van der Waals surface area contributed by atoms with E-state index >= 15 is 0 Å². The van der Waals surface area contributed by atoms with Gasteiger partial charge in [0.2, 0.25) is 0 Å². The molecule has 1 heterocycles. The molecule has 0 spiro atoms. The third-order valence-electron chi connectivity index (χ3n) is 1.10. The van der Waals surface area contributed by atoms with Gasteiger partial charge >= 0.3 is 0 Å². The Hall–Kier alpha value is -1.55. The summed E-state index contributed by atoms with van der Waals surface area (Å²) in [6.45, 7) is 0.306. The number of hydrogen-bond donors (Lipinski definition) is 0. The lowest BCUT2D eigenvalue weighted by molar-refractivity contribution is 0.677. The summed E-state index contributed by atoms with van der Waals surface area (Å²) in [4.78, 5) is 2.61. The van der Waals surface area contributed by atoms with Crippen molar-refractivity contribution in [1.29, 1.82) is 0 Å². The fraction of sp³-hybridized carbons (Fsp3) is 0.500. The van der Waals surface area contributed by atoms with E-state index in [1.807, 2.05) is 0 Å². The minimum Gasteiger partial charge on any atom is -0.252 e. The van der Waals surface area contributed by atoms with E-state index in [4.69, 9.17) is 5.53 Å². The molecule has 0 fully saturated rings. The molecule has 1 aromatic heterocycles. The van der Waals surface area contributed by atoms with Crippen LogP contribution in [0.5, 0.6) is 0 Å². The molecule has 6 heteroatoms. The van der Waals surface area contributed by atoms with Gasteiger partial charge in [-0.2, -0.15) is 0 Å². The molecular formula is C4H6N6. The van der Waals surface area contributed by atoms with Gasteiger partial charge in [-0.15, -0.1) is 5.10 Å². The van der Waals surface area contributed by atoms with Crippen LogP contribution in [0.2, 0.25) is 0 Å². The van der Waals surface area contributed by atoms with Crippen LogP contribution >= 0.6 is 0 Å². The molecule has 0 saturated heterocycles. The summed E-state index contributed by atoms with van der Waals surface area (Å²) in [5, 5.41) is 10.6. The van der Waals surface area contributed by atoms with E-state index in [0.29, 0.717) is 6.54 Å². The topological polar surface area (TPSA) is 79.5 Å². The van der Waals surface area contributed by atoms with Gasteiger partial charge < -0.3 is 0 Å². The first-order valence-corrected chi connectivity index (χ1v) is 2.69. The van der Waals surface area contributed by atoms with E-state index in [2.05, 4.69) is 20.3 Å². The largest absolute Gasteiger partial charge is 0.252 e. The summed E-state index contributed by atoms with van der Waals surface area (Å²) in [6, 6.07) is 0. The predicted molar refractivity (Wildman–Crippen MR) is 33.9 cm³/mol. The van der Waals surface area contributed by atoms with Crippen LogP contribution < -0.4 is 0 Å². The van der Waals surface area contributed by atoms with Crippen molar-refractivity contribution in [3.8, 4) is 0 Å². The molecule has 1 aromatic rings. The Morgan fingerprint density at radius 2 is 2.70 bits per heavy atom. The van der Waals surface area contributed by atoms with Gasteiger partial charge in [0.05, 0.1) is 18.4 Å². The summed E-state index contributed by atoms with van der Waals surface area (Å²) >= 11 is 0. The van der Waals surface area contributed by atoms with Gasteiger partial charge in [-0.25, -0.2) is 0 Å². The molecule has 0 aliphatic heterocycles. The van der Waals surface area contributed by atoms with Gasteiger partial charge in [-0.1, -0.05) is 10.3 Å². The maximum absolute atomic E-state index is 7.96. The minimum absolute atomic E-state index is 0.306. The second kappa shape index (κ2) is 2.84. The molecule has 0 bridgehead atoms. The summed E-state index contributed by atoms with van der Waals surface area (Å²) in [7, 11) is 1.75. The lowest BCUT2D eigenvalue weighted by Gasteiger charge is -1.90. The molecule has 0 aliphatic rings. The molecule has 1 rings (SSSR count). The van der Waals surface area contributed by atoms with E-state index < -0.39 is 0 Å². The quantitative estimate of drug-likeness (QED) is 0.341. The monoisotopic (exact) mass is 138 g/mol. The van der Waals surface area contributed by atoms with Crippen LogP contribution in [0.15, 0.2) is 11.3 Å². The Labute approximate surface area is 57.1 Å². The minimum atomic E-state index is 0.306. The van der Waals surface area contributed by atoms with Gasteiger partial charge in [0.1, 0.15) is 0 Å². The molecule has 0 amide bonds. The Morgan fingerprint density at radius 3 is 3.20 bits per heavy atom. The summed E-state index contributed by atoms with van der Waals surface area (Å²) in [5.41, 5.74) is 8.77. The van der Waals surface area contributed by atoms with Gasteiger partial charge in [-0.3, -0.25) is 4.68 Å². The average Bonchev–Trinajstić information content (AvgIpc) is 2.31. The Kier molecular flexibility index (Phi) is 1.86.